The van der Waals surface area contributed by atoms with Crippen LogP contribution in [-0.4, -0.2) is 62.3 Å². The first-order valence-corrected chi connectivity index (χ1v) is 9.65. The van der Waals surface area contributed by atoms with Crippen molar-refractivity contribution in [3.8, 4) is 0 Å². The lowest BCUT2D eigenvalue weighted by atomic mass is 10.2. The average Bonchev–Trinajstić information content (AvgIpc) is 2.54. The van der Waals surface area contributed by atoms with E-state index in [1.807, 2.05) is 18.7 Å². The van der Waals surface area contributed by atoms with Crippen LogP contribution >= 0.6 is 0 Å². The summed E-state index contributed by atoms with van der Waals surface area (Å²) >= 11 is 0. The Morgan fingerprint density at radius 1 is 1.24 bits per heavy atom. The van der Waals surface area contributed by atoms with Gasteiger partial charge in [-0.05, 0) is 25.5 Å². The third-order valence-electron chi connectivity index (χ3n) is 4.23. The van der Waals surface area contributed by atoms with Gasteiger partial charge in [-0.15, -0.1) is 0 Å². The number of piperazine rings is 1. The van der Waals surface area contributed by atoms with Crippen molar-refractivity contribution in [2.75, 3.05) is 32.7 Å². The third kappa shape index (κ3) is 4.96. The van der Waals surface area contributed by atoms with Crippen LogP contribution in [0.1, 0.15) is 20.3 Å². The van der Waals surface area contributed by atoms with E-state index >= 15 is 0 Å². The van der Waals surface area contributed by atoms with Crippen molar-refractivity contribution in [3.63, 3.8) is 0 Å². The highest BCUT2D eigenvalue weighted by Crippen LogP contribution is 2.21. The molecule has 1 saturated heterocycles. The van der Waals surface area contributed by atoms with Crippen molar-refractivity contribution in [1.29, 1.82) is 0 Å². The summed E-state index contributed by atoms with van der Waals surface area (Å²) in [4.78, 5) is 13.2. The fourth-order valence-corrected chi connectivity index (χ4v) is 4.04. The van der Waals surface area contributed by atoms with E-state index in [2.05, 4.69) is 5.32 Å². The summed E-state index contributed by atoms with van der Waals surface area (Å²) in [6.45, 7) is 5.13. The van der Waals surface area contributed by atoms with Crippen molar-refractivity contribution in [2.24, 2.45) is 0 Å². The minimum Gasteiger partial charge on any atom is -0.353 e. The SMILES string of the molecule is CCC(C)NC(=O)CN1CCN(S(=O)(=O)c2ccc(F)cc2F)CC1. The second-order valence-corrected chi connectivity index (χ2v) is 8.04. The van der Waals surface area contributed by atoms with Crippen LogP contribution in [0.4, 0.5) is 8.78 Å². The normalized spacial score (nSPS) is 18.1. The molecule has 2 rings (SSSR count). The first-order valence-electron chi connectivity index (χ1n) is 8.21. The molecule has 1 heterocycles. The van der Waals surface area contributed by atoms with Crippen LogP contribution in [0.3, 0.4) is 0 Å². The molecule has 1 fully saturated rings. The molecule has 1 unspecified atom stereocenters. The molecule has 6 nitrogen and oxygen atoms in total. The molecule has 0 aromatic heterocycles. The topological polar surface area (TPSA) is 69.7 Å². The number of sulfonamides is 1. The zero-order valence-electron chi connectivity index (χ0n) is 14.3. The quantitative estimate of drug-likeness (QED) is 0.811. The van der Waals surface area contributed by atoms with Gasteiger partial charge in [0.15, 0.2) is 0 Å². The Labute approximate surface area is 146 Å². The number of rotatable bonds is 6. The number of nitrogens with zero attached hydrogens (tertiary/aromatic N) is 2. The Kier molecular flexibility index (Phi) is 6.47. The molecule has 1 aromatic carbocycles. The van der Waals surface area contributed by atoms with Crippen LogP contribution in [0.2, 0.25) is 0 Å². The predicted octanol–water partition coefficient (Wildman–Crippen LogP) is 1.19. The highest BCUT2D eigenvalue weighted by atomic mass is 32.2. The molecule has 1 amide bonds. The van der Waals surface area contributed by atoms with Crippen LogP contribution in [0.15, 0.2) is 23.1 Å². The van der Waals surface area contributed by atoms with E-state index in [4.69, 9.17) is 0 Å². The van der Waals surface area contributed by atoms with Crippen LogP contribution in [-0.2, 0) is 14.8 Å². The lowest BCUT2D eigenvalue weighted by molar-refractivity contribution is -0.123. The lowest BCUT2D eigenvalue weighted by Gasteiger charge is -2.33. The van der Waals surface area contributed by atoms with E-state index in [0.29, 0.717) is 19.2 Å². The minimum absolute atomic E-state index is 0.0932. The maximum absolute atomic E-state index is 13.8. The lowest BCUT2D eigenvalue weighted by Crippen LogP contribution is -2.51. The molecule has 0 radical (unpaired) electrons. The summed E-state index contributed by atoms with van der Waals surface area (Å²) in [5.41, 5.74) is 0. The van der Waals surface area contributed by atoms with Gasteiger partial charge in [-0.25, -0.2) is 17.2 Å². The largest absolute Gasteiger partial charge is 0.353 e. The van der Waals surface area contributed by atoms with Crippen molar-refractivity contribution in [2.45, 2.75) is 31.2 Å². The summed E-state index contributed by atoms with van der Waals surface area (Å²) < 4.78 is 52.9. The van der Waals surface area contributed by atoms with Gasteiger partial charge in [0.1, 0.15) is 16.5 Å². The smallest absolute Gasteiger partial charge is 0.246 e. The van der Waals surface area contributed by atoms with Gasteiger partial charge in [0.05, 0.1) is 6.54 Å². The molecule has 1 N–H and O–H groups in total. The Bertz CT molecular complexity index is 719. The highest BCUT2D eigenvalue weighted by Gasteiger charge is 2.31. The summed E-state index contributed by atoms with van der Waals surface area (Å²) in [5.74, 6) is -2.03. The number of hydrogen-bond donors (Lipinski definition) is 1. The Balaban J connectivity index is 1.96. The standard InChI is InChI=1S/C16H23F2N3O3S/c1-3-12(2)19-16(22)11-20-6-8-21(9-7-20)25(23,24)15-5-4-13(17)10-14(15)18/h4-5,10,12H,3,6-9,11H2,1-2H3,(H,19,22). The number of carbonyl (C=O) groups excluding carboxylic acids is 1. The average molecular weight is 375 g/mol. The molecule has 9 heteroatoms. The summed E-state index contributed by atoms with van der Waals surface area (Å²) in [6, 6.07) is 2.51. The van der Waals surface area contributed by atoms with Crippen molar-refractivity contribution >= 4 is 15.9 Å². The highest BCUT2D eigenvalue weighted by molar-refractivity contribution is 7.89. The van der Waals surface area contributed by atoms with E-state index in [1.54, 1.807) is 0 Å². The van der Waals surface area contributed by atoms with Gasteiger partial charge in [0.25, 0.3) is 0 Å². The van der Waals surface area contributed by atoms with E-state index < -0.39 is 26.6 Å². The van der Waals surface area contributed by atoms with Gasteiger partial charge in [-0.2, -0.15) is 4.31 Å². The molecule has 0 saturated carbocycles. The Morgan fingerprint density at radius 2 is 1.88 bits per heavy atom. The molecular weight excluding hydrogens is 352 g/mol. The molecule has 1 atom stereocenters. The van der Waals surface area contributed by atoms with Gasteiger partial charge in [-0.1, -0.05) is 6.92 Å². The molecule has 1 aromatic rings. The summed E-state index contributed by atoms with van der Waals surface area (Å²) in [5, 5.41) is 2.86. The summed E-state index contributed by atoms with van der Waals surface area (Å²) in [6.07, 6.45) is 0.834. The van der Waals surface area contributed by atoms with Crippen LogP contribution in [0, 0.1) is 11.6 Å². The second-order valence-electron chi connectivity index (χ2n) is 6.13. The number of nitrogens with one attached hydrogen (secondary N) is 1. The maximum Gasteiger partial charge on any atom is 0.246 e. The third-order valence-corrected chi connectivity index (χ3v) is 6.16. The Morgan fingerprint density at radius 3 is 2.44 bits per heavy atom. The van der Waals surface area contributed by atoms with Crippen molar-refractivity contribution in [3.05, 3.63) is 29.8 Å². The predicted molar refractivity (Wildman–Crippen MR) is 89.5 cm³/mol. The fourth-order valence-electron chi connectivity index (χ4n) is 2.58. The maximum atomic E-state index is 13.8. The van der Waals surface area contributed by atoms with Gasteiger partial charge in [0.2, 0.25) is 15.9 Å². The number of hydrogen-bond acceptors (Lipinski definition) is 4. The molecular formula is C16H23F2N3O3S. The van der Waals surface area contributed by atoms with Gasteiger partial charge < -0.3 is 5.32 Å². The molecule has 0 aliphatic carbocycles. The second kappa shape index (κ2) is 8.20. The molecule has 140 valence electrons. The molecule has 1 aliphatic rings. The van der Waals surface area contributed by atoms with E-state index in [1.165, 1.54) is 0 Å². The van der Waals surface area contributed by atoms with Crippen LogP contribution < -0.4 is 5.32 Å². The van der Waals surface area contributed by atoms with Crippen LogP contribution in [0.25, 0.3) is 0 Å². The zero-order valence-corrected chi connectivity index (χ0v) is 15.2. The van der Waals surface area contributed by atoms with Gasteiger partial charge >= 0.3 is 0 Å². The van der Waals surface area contributed by atoms with Gasteiger partial charge in [-0.3, -0.25) is 9.69 Å². The van der Waals surface area contributed by atoms with Gasteiger partial charge in [0, 0.05) is 38.3 Å². The zero-order chi connectivity index (χ0) is 18.6. The first kappa shape index (κ1) is 19.7. The molecule has 0 bridgehead atoms. The monoisotopic (exact) mass is 375 g/mol. The summed E-state index contributed by atoms with van der Waals surface area (Å²) in [7, 11) is -4.02. The van der Waals surface area contributed by atoms with Crippen molar-refractivity contribution < 1.29 is 22.0 Å². The van der Waals surface area contributed by atoms with E-state index in [-0.39, 0.29) is 31.6 Å². The van der Waals surface area contributed by atoms with E-state index in [9.17, 15) is 22.0 Å². The molecule has 0 spiro atoms. The molecule has 1 aliphatic heterocycles. The van der Waals surface area contributed by atoms with Crippen LogP contribution in [0.5, 0.6) is 0 Å². The Hall–Kier alpha value is -1.58. The number of amides is 1. The fraction of sp³-hybridized carbons (Fsp3) is 0.562. The number of benzene rings is 1. The minimum atomic E-state index is -4.02. The number of carbonyl (C=O) groups is 1. The van der Waals surface area contributed by atoms with Crippen molar-refractivity contribution in [1.82, 2.24) is 14.5 Å². The van der Waals surface area contributed by atoms with E-state index in [0.717, 1.165) is 22.9 Å². The molecule has 25 heavy (non-hydrogen) atoms. The first-order chi connectivity index (χ1) is 11.7. The number of halogens is 2.